The second-order valence-corrected chi connectivity index (χ2v) is 3.57. The van der Waals surface area contributed by atoms with Crippen LogP contribution in [0, 0.1) is 6.92 Å². The largest absolute Gasteiger partial charge is 0.398 e. The Balaban J connectivity index is 3.28. The second-order valence-electron chi connectivity index (χ2n) is 2.66. The van der Waals surface area contributed by atoms with Crippen molar-refractivity contribution in [3.63, 3.8) is 0 Å². The first kappa shape index (κ1) is 10.0. The Morgan fingerprint density at radius 2 is 2.15 bits per heavy atom. The lowest BCUT2D eigenvalue weighted by Crippen LogP contribution is -2.30. The van der Waals surface area contributed by atoms with Crippen LogP contribution in [0.15, 0.2) is 16.6 Å². The zero-order valence-electron chi connectivity index (χ0n) is 7.10. The number of carbonyl (C=O) groups is 1. The topological polar surface area (TPSA) is 81.1 Å². The number of hydrazine groups is 1. The Morgan fingerprint density at radius 3 is 2.69 bits per heavy atom. The monoisotopic (exact) mass is 243 g/mol. The molecule has 1 rings (SSSR count). The molecule has 0 aromatic heterocycles. The van der Waals surface area contributed by atoms with Crippen LogP contribution < -0.4 is 17.0 Å². The number of anilines is 1. The molecule has 0 bridgehead atoms. The number of nitrogens with two attached hydrogens (primary N) is 2. The van der Waals surface area contributed by atoms with Crippen LogP contribution in [0.1, 0.15) is 15.9 Å². The number of amides is 1. The van der Waals surface area contributed by atoms with Crippen molar-refractivity contribution in [1.29, 1.82) is 0 Å². The zero-order valence-corrected chi connectivity index (χ0v) is 8.68. The number of nitrogen functional groups attached to an aromatic ring is 2. The van der Waals surface area contributed by atoms with Crippen molar-refractivity contribution in [3.8, 4) is 0 Å². The first-order valence-electron chi connectivity index (χ1n) is 3.63. The van der Waals surface area contributed by atoms with E-state index < -0.39 is 0 Å². The number of rotatable bonds is 1. The van der Waals surface area contributed by atoms with E-state index in [2.05, 4.69) is 15.9 Å². The van der Waals surface area contributed by atoms with E-state index in [1.807, 2.05) is 18.4 Å². The summed E-state index contributed by atoms with van der Waals surface area (Å²) in [7, 11) is 0. The molecule has 1 aromatic rings. The van der Waals surface area contributed by atoms with Gasteiger partial charge in [-0.15, -0.1) is 0 Å². The van der Waals surface area contributed by atoms with Crippen LogP contribution >= 0.6 is 15.9 Å². The molecule has 0 fully saturated rings. The summed E-state index contributed by atoms with van der Waals surface area (Å²) in [6.07, 6.45) is 0. The predicted molar refractivity (Wildman–Crippen MR) is 54.9 cm³/mol. The van der Waals surface area contributed by atoms with Crippen LogP contribution in [-0.2, 0) is 0 Å². The Morgan fingerprint density at radius 1 is 1.54 bits per heavy atom. The maximum absolute atomic E-state index is 11.2. The summed E-state index contributed by atoms with van der Waals surface area (Å²) in [5, 5.41) is 0. The molecule has 5 heteroatoms. The van der Waals surface area contributed by atoms with Crippen molar-refractivity contribution in [2.75, 3.05) is 5.73 Å². The van der Waals surface area contributed by atoms with Crippen molar-refractivity contribution >= 4 is 27.5 Å². The molecule has 0 saturated carbocycles. The minimum Gasteiger partial charge on any atom is -0.398 e. The normalized spacial score (nSPS) is 9.77. The van der Waals surface area contributed by atoms with Gasteiger partial charge in [0.2, 0.25) is 0 Å². The third kappa shape index (κ3) is 1.99. The Kier molecular flexibility index (Phi) is 2.90. The SMILES string of the molecule is Cc1cc(Br)cc(C(=O)NN)c1N. The van der Waals surface area contributed by atoms with Crippen molar-refractivity contribution in [3.05, 3.63) is 27.7 Å². The number of halogens is 1. The number of aryl methyl sites for hydroxylation is 1. The lowest BCUT2D eigenvalue weighted by atomic mass is 10.1. The molecule has 0 aliphatic heterocycles. The van der Waals surface area contributed by atoms with Crippen LogP contribution in [0.4, 0.5) is 5.69 Å². The highest BCUT2D eigenvalue weighted by Gasteiger charge is 2.10. The van der Waals surface area contributed by atoms with E-state index in [1.54, 1.807) is 6.07 Å². The molecule has 5 N–H and O–H groups in total. The van der Waals surface area contributed by atoms with Gasteiger partial charge in [0.25, 0.3) is 5.91 Å². The summed E-state index contributed by atoms with van der Waals surface area (Å²) in [5.74, 6) is 4.62. The van der Waals surface area contributed by atoms with E-state index in [9.17, 15) is 4.79 Å². The van der Waals surface area contributed by atoms with Crippen LogP contribution in [0.5, 0.6) is 0 Å². The number of hydrogen-bond donors (Lipinski definition) is 3. The van der Waals surface area contributed by atoms with E-state index in [0.717, 1.165) is 10.0 Å². The maximum atomic E-state index is 11.2. The average molecular weight is 244 g/mol. The Hall–Kier alpha value is -1.07. The molecule has 0 unspecified atom stereocenters. The molecule has 1 aromatic carbocycles. The van der Waals surface area contributed by atoms with Crippen LogP contribution in [-0.4, -0.2) is 5.91 Å². The first-order chi connectivity index (χ1) is 6.06. The molecule has 0 radical (unpaired) electrons. The molecule has 0 atom stereocenters. The average Bonchev–Trinajstić information content (AvgIpc) is 2.10. The Bertz CT molecular complexity index is 351. The molecule has 70 valence electrons. The fourth-order valence-electron chi connectivity index (χ4n) is 1.02. The minimum absolute atomic E-state index is 0.384. The van der Waals surface area contributed by atoms with Gasteiger partial charge in [0, 0.05) is 10.2 Å². The van der Waals surface area contributed by atoms with E-state index >= 15 is 0 Å². The van der Waals surface area contributed by atoms with Crippen molar-refractivity contribution < 1.29 is 4.79 Å². The minimum atomic E-state index is -0.387. The fourth-order valence-corrected chi connectivity index (χ4v) is 1.59. The molecule has 0 aliphatic rings. The highest BCUT2D eigenvalue weighted by atomic mass is 79.9. The summed E-state index contributed by atoms with van der Waals surface area (Å²) in [5.41, 5.74) is 9.40. The predicted octanol–water partition coefficient (Wildman–Crippen LogP) is 0.943. The van der Waals surface area contributed by atoms with Crippen molar-refractivity contribution in [1.82, 2.24) is 5.43 Å². The molecule has 13 heavy (non-hydrogen) atoms. The van der Waals surface area contributed by atoms with Gasteiger partial charge >= 0.3 is 0 Å². The molecule has 0 aliphatic carbocycles. The maximum Gasteiger partial charge on any atom is 0.267 e. The summed E-state index contributed by atoms with van der Waals surface area (Å²) >= 11 is 3.27. The summed E-state index contributed by atoms with van der Waals surface area (Å²) in [6, 6.07) is 3.47. The van der Waals surface area contributed by atoms with Gasteiger partial charge in [-0.05, 0) is 24.6 Å². The van der Waals surface area contributed by atoms with Crippen molar-refractivity contribution in [2.45, 2.75) is 6.92 Å². The summed E-state index contributed by atoms with van der Waals surface area (Å²) in [4.78, 5) is 11.2. The van der Waals surface area contributed by atoms with Gasteiger partial charge in [-0.3, -0.25) is 10.2 Å². The molecular weight excluding hydrogens is 234 g/mol. The first-order valence-corrected chi connectivity index (χ1v) is 4.42. The molecule has 0 saturated heterocycles. The van der Waals surface area contributed by atoms with Gasteiger partial charge in [0.05, 0.1) is 5.56 Å². The molecule has 0 spiro atoms. The number of hydrogen-bond acceptors (Lipinski definition) is 3. The lowest BCUT2D eigenvalue weighted by Gasteiger charge is -2.07. The highest BCUT2D eigenvalue weighted by molar-refractivity contribution is 9.10. The van der Waals surface area contributed by atoms with E-state index in [4.69, 9.17) is 11.6 Å². The van der Waals surface area contributed by atoms with Crippen LogP contribution in [0.25, 0.3) is 0 Å². The lowest BCUT2D eigenvalue weighted by molar-refractivity contribution is 0.0954. The van der Waals surface area contributed by atoms with Gasteiger partial charge in [0.15, 0.2) is 0 Å². The van der Waals surface area contributed by atoms with E-state index in [1.165, 1.54) is 0 Å². The standard InChI is InChI=1S/C8H10BrN3O/c1-4-2-5(9)3-6(7(4)10)8(13)12-11/h2-3H,10-11H2,1H3,(H,12,13). The van der Waals surface area contributed by atoms with Gasteiger partial charge in [0.1, 0.15) is 0 Å². The van der Waals surface area contributed by atoms with Crippen molar-refractivity contribution in [2.24, 2.45) is 5.84 Å². The second kappa shape index (κ2) is 3.76. The van der Waals surface area contributed by atoms with Gasteiger partial charge < -0.3 is 5.73 Å². The van der Waals surface area contributed by atoms with Crippen LogP contribution in [0.2, 0.25) is 0 Å². The quantitative estimate of drug-likeness (QED) is 0.297. The number of benzene rings is 1. The Labute approximate surface area is 84.4 Å². The molecular formula is C8H10BrN3O. The third-order valence-corrected chi connectivity index (χ3v) is 2.19. The van der Waals surface area contributed by atoms with Gasteiger partial charge in [-0.2, -0.15) is 0 Å². The fraction of sp³-hybridized carbons (Fsp3) is 0.125. The van der Waals surface area contributed by atoms with E-state index in [-0.39, 0.29) is 5.91 Å². The number of carbonyl (C=O) groups excluding carboxylic acids is 1. The third-order valence-electron chi connectivity index (χ3n) is 1.73. The summed E-state index contributed by atoms with van der Waals surface area (Å²) < 4.78 is 0.804. The van der Waals surface area contributed by atoms with Gasteiger partial charge in [-0.1, -0.05) is 15.9 Å². The zero-order chi connectivity index (χ0) is 10.0. The van der Waals surface area contributed by atoms with E-state index in [0.29, 0.717) is 11.3 Å². The highest BCUT2D eigenvalue weighted by Crippen LogP contribution is 2.22. The molecule has 4 nitrogen and oxygen atoms in total. The van der Waals surface area contributed by atoms with Crippen LogP contribution in [0.3, 0.4) is 0 Å². The van der Waals surface area contributed by atoms with Gasteiger partial charge in [-0.25, -0.2) is 5.84 Å². The smallest absolute Gasteiger partial charge is 0.267 e. The molecule has 0 heterocycles. The summed E-state index contributed by atoms with van der Waals surface area (Å²) in [6.45, 7) is 1.83. The molecule has 1 amide bonds. The number of nitrogens with one attached hydrogen (secondary N) is 1.